The van der Waals surface area contributed by atoms with Gasteiger partial charge >= 0.3 is 5.97 Å². The lowest BCUT2D eigenvalue weighted by Crippen LogP contribution is -1.93. The van der Waals surface area contributed by atoms with Gasteiger partial charge in [0.25, 0.3) is 0 Å². The molecule has 0 atom stereocenters. The second-order valence-electron chi connectivity index (χ2n) is 1.40. The minimum atomic E-state index is -0.483. The van der Waals surface area contributed by atoms with Crippen LogP contribution in [0.4, 0.5) is 0 Å². The van der Waals surface area contributed by atoms with Gasteiger partial charge in [0.2, 0.25) is 0 Å². The summed E-state index contributed by atoms with van der Waals surface area (Å²) in [6.45, 7) is 3.55. The first-order valence-electron chi connectivity index (χ1n) is 2.67. The van der Waals surface area contributed by atoms with E-state index in [0.29, 0.717) is 6.42 Å². The fraction of sp³-hybridized carbons (Fsp3) is 0.429. The van der Waals surface area contributed by atoms with Gasteiger partial charge < -0.3 is 4.74 Å². The normalized spacial score (nSPS) is 7.33. The van der Waals surface area contributed by atoms with Gasteiger partial charge in [-0.3, -0.25) is 0 Å². The Hall–Kier alpha value is -0.970. The Balaban J connectivity index is 3.46. The lowest BCUT2D eigenvalue weighted by molar-refractivity contribution is -0.133. The lowest BCUT2D eigenvalue weighted by atomic mass is 10.3. The third-order valence-corrected chi connectivity index (χ3v) is 0.678. The van der Waals surface area contributed by atoms with Crippen LogP contribution in [0, 0.1) is 18.8 Å². The van der Waals surface area contributed by atoms with Crippen molar-refractivity contribution in [1.82, 2.24) is 0 Å². The van der Waals surface area contributed by atoms with Crippen LogP contribution in [-0.2, 0) is 9.53 Å². The minimum absolute atomic E-state index is 0.483. The molecule has 2 nitrogen and oxygen atoms in total. The smallest absolute Gasteiger partial charge is 0.384 e. The van der Waals surface area contributed by atoms with Crippen molar-refractivity contribution in [3.8, 4) is 11.8 Å². The Bertz CT molecular complexity index is 139. The molecule has 49 valence electrons. The number of hydrogen-bond donors (Lipinski definition) is 0. The van der Waals surface area contributed by atoms with Crippen molar-refractivity contribution < 1.29 is 9.53 Å². The molecule has 0 saturated heterocycles. The fourth-order valence-electron chi connectivity index (χ4n) is 0.274. The summed E-state index contributed by atoms with van der Waals surface area (Å²) in [4.78, 5) is 10.3. The Morgan fingerprint density at radius 1 is 1.78 bits per heavy atom. The SMILES string of the molecule is [CH2]CCC#CC(=O)OC. The number of rotatable bonds is 1. The second-order valence-corrected chi connectivity index (χ2v) is 1.40. The predicted molar refractivity (Wildman–Crippen MR) is 34.4 cm³/mol. The maximum absolute atomic E-state index is 10.3. The van der Waals surface area contributed by atoms with Crippen molar-refractivity contribution in [2.75, 3.05) is 7.11 Å². The molecule has 0 aliphatic heterocycles. The lowest BCUT2D eigenvalue weighted by Gasteiger charge is -1.83. The molecule has 2 heteroatoms. The zero-order valence-corrected chi connectivity index (χ0v) is 5.44. The maximum atomic E-state index is 10.3. The molecule has 0 aromatic heterocycles. The summed E-state index contributed by atoms with van der Waals surface area (Å²) in [5.74, 6) is 4.40. The van der Waals surface area contributed by atoms with Crippen LogP contribution in [0.25, 0.3) is 0 Å². The Morgan fingerprint density at radius 3 is 2.89 bits per heavy atom. The van der Waals surface area contributed by atoms with E-state index in [1.165, 1.54) is 7.11 Å². The number of carbonyl (C=O) groups is 1. The zero-order chi connectivity index (χ0) is 7.11. The van der Waals surface area contributed by atoms with E-state index in [1.807, 2.05) is 0 Å². The summed E-state index contributed by atoms with van der Waals surface area (Å²) >= 11 is 0. The van der Waals surface area contributed by atoms with Crippen LogP contribution in [0.15, 0.2) is 0 Å². The molecule has 0 saturated carbocycles. The minimum Gasteiger partial charge on any atom is -0.459 e. The molecule has 1 radical (unpaired) electrons. The average molecular weight is 125 g/mol. The van der Waals surface area contributed by atoms with Crippen LogP contribution < -0.4 is 0 Å². The first-order chi connectivity index (χ1) is 4.31. The summed E-state index contributed by atoms with van der Waals surface area (Å²) in [7, 11) is 1.31. The molecule has 0 aromatic carbocycles. The monoisotopic (exact) mass is 125 g/mol. The third-order valence-electron chi connectivity index (χ3n) is 0.678. The summed E-state index contributed by atoms with van der Waals surface area (Å²) < 4.78 is 4.26. The summed E-state index contributed by atoms with van der Waals surface area (Å²) in [6, 6.07) is 0. The molecular formula is C7H9O2. The highest BCUT2D eigenvalue weighted by Crippen LogP contribution is 1.80. The molecule has 0 heterocycles. The first kappa shape index (κ1) is 8.03. The van der Waals surface area contributed by atoms with Crippen LogP contribution in [0.2, 0.25) is 0 Å². The topological polar surface area (TPSA) is 26.3 Å². The summed E-state index contributed by atoms with van der Waals surface area (Å²) in [5, 5.41) is 0. The van der Waals surface area contributed by atoms with Crippen molar-refractivity contribution in [3.05, 3.63) is 6.92 Å². The molecule has 0 N–H and O–H groups in total. The van der Waals surface area contributed by atoms with Gasteiger partial charge in [-0.15, -0.1) is 0 Å². The van der Waals surface area contributed by atoms with E-state index >= 15 is 0 Å². The molecule has 9 heavy (non-hydrogen) atoms. The summed E-state index contributed by atoms with van der Waals surface area (Å²) in [6.07, 6.45) is 1.37. The van der Waals surface area contributed by atoms with E-state index in [9.17, 15) is 4.79 Å². The van der Waals surface area contributed by atoms with Crippen LogP contribution in [-0.4, -0.2) is 13.1 Å². The molecule has 0 aromatic rings. The largest absolute Gasteiger partial charge is 0.459 e. The summed E-state index contributed by atoms with van der Waals surface area (Å²) in [5.41, 5.74) is 0. The highest BCUT2D eigenvalue weighted by molar-refractivity contribution is 5.88. The molecule has 0 aliphatic carbocycles. The van der Waals surface area contributed by atoms with Crippen LogP contribution in [0.5, 0.6) is 0 Å². The maximum Gasteiger partial charge on any atom is 0.384 e. The van der Waals surface area contributed by atoms with E-state index in [-0.39, 0.29) is 0 Å². The van der Waals surface area contributed by atoms with Gasteiger partial charge in [-0.05, 0) is 6.42 Å². The van der Waals surface area contributed by atoms with E-state index in [4.69, 9.17) is 0 Å². The van der Waals surface area contributed by atoms with Gasteiger partial charge in [-0.1, -0.05) is 12.8 Å². The van der Waals surface area contributed by atoms with E-state index in [2.05, 4.69) is 23.5 Å². The zero-order valence-electron chi connectivity index (χ0n) is 5.44. The van der Waals surface area contributed by atoms with E-state index in [0.717, 1.165) is 6.42 Å². The number of unbranched alkanes of at least 4 members (excludes halogenated alkanes) is 1. The van der Waals surface area contributed by atoms with Crippen molar-refractivity contribution in [2.24, 2.45) is 0 Å². The van der Waals surface area contributed by atoms with Gasteiger partial charge in [0.1, 0.15) is 0 Å². The Kier molecular flexibility index (Phi) is 4.61. The molecule has 0 fully saturated rings. The molecule has 0 bridgehead atoms. The number of carbonyl (C=O) groups excluding carboxylic acids is 1. The molecule has 0 aliphatic rings. The van der Waals surface area contributed by atoms with Gasteiger partial charge in [-0.25, -0.2) is 4.79 Å². The highest BCUT2D eigenvalue weighted by atomic mass is 16.5. The highest BCUT2D eigenvalue weighted by Gasteiger charge is 1.86. The van der Waals surface area contributed by atoms with Crippen molar-refractivity contribution >= 4 is 5.97 Å². The Labute approximate surface area is 55.2 Å². The van der Waals surface area contributed by atoms with Crippen LogP contribution in [0.3, 0.4) is 0 Å². The molecule has 0 amide bonds. The average Bonchev–Trinajstić information content (AvgIpc) is 1.89. The van der Waals surface area contributed by atoms with Crippen molar-refractivity contribution in [3.63, 3.8) is 0 Å². The molecule has 0 unspecified atom stereocenters. The molecular weight excluding hydrogens is 116 g/mol. The molecule has 0 spiro atoms. The third kappa shape index (κ3) is 4.89. The van der Waals surface area contributed by atoms with E-state index in [1.54, 1.807) is 0 Å². The number of hydrogen-bond acceptors (Lipinski definition) is 2. The number of ether oxygens (including phenoxy) is 1. The van der Waals surface area contributed by atoms with Gasteiger partial charge in [0.15, 0.2) is 0 Å². The van der Waals surface area contributed by atoms with Crippen molar-refractivity contribution in [2.45, 2.75) is 12.8 Å². The standard InChI is InChI=1S/C7H9O2/c1-3-4-5-6-7(8)9-2/h1,3-4H2,2H3. The fourth-order valence-corrected chi connectivity index (χ4v) is 0.274. The first-order valence-corrected chi connectivity index (χ1v) is 2.67. The van der Waals surface area contributed by atoms with Gasteiger partial charge in [-0.2, -0.15) is 0 Å². The van der Waals surface area contributed by atoms with Crippen molar-refractivity contribution in [1.29, 1.82) is 0 Å². The second kappa shape index (κ2) is 5.17. The van der Waals surface area contributed by atoms with Crippen LogP contribution in [0.1, 0.15) is 12.8 Å². The van der Waals surface area contributed by atoms with Crippen LogP contribution >= 0.6 is 0 Å². The number of esters is 1. The number of methoxy groups -OCH3 is 1. The predicted octanol–water partition coefficient (Wildman–Crippen LogP) is 0.777. The quantitative estimate of drug-likeness (QED) is 0.294. The Morgan fingerprint density at radius 2 is 2.44 bits per heavy atom. The van der Waals surface area contributed by atoms with E-state index < -0.39 is 5.97 Å². The van der Waals surface area contributed by atoms with Gasteiger partial charge in [0, 0.05) is 12.3 Å². The van der Waals surface area contributed by atoms with Gasteiger partial charge in [0.05, 0.1) is 7.11 Å². The molecule has 0 rings (SSSR count).